The normalized spacial score (nSPS) is 10.5. The van der Waals surface area contributed by atoms with Crippen molar-refractivity contribution in [3.8, 4) is 5.69 Å². The van der Waals surface area contributed by atoms with Crippen LogP contribution in [0.25, 0.3) is 5.69 Å². The maximum absolute atomic E-state index is 13.3. The Bertz CT molecular complexity index is 776. The van der Waals surface area contributed by atoms with Gasteiger partial charge in [0.2, 0.25) is 0 Å². The van der Waals surface area contributed by atoms with Crippen molar-refractivity contribution >= 4 is 11.5 Å². The molecule has 0 spiro atoms. The van der Waals surface area contributed by atoms with Crippen LogP contribution in [0.2, 0.25) is 0 Å². The highest BCUT2D eigenvalue weighted by Crippen LogP contribution is 2.16. The van der Waals surface area contributed by atoms with Gasteiger partial charge in [-0.1, -0.05) is 18.2 Å². The van der Waals surface area contributed by atoms with Gasteiger partial charge in [0.25, 0.3) is 0 Å². The van der Waals surface area contributed by atoms with E-state index in [1.54, 1.807) is 10.9 Å². The Kier molecular flexibility index (Phi) is 3.23. The van der Waals surface area contributed by atoms with Crippen LogP contribution >= 0.6 is 0 Å². The van der Waals surface area contributed by atoms with E-state index in [9.17, 15) is 9.18 Å². The molecule has 0 aliphatic carbocycles. The number of hydrogen-bond donors (Lipinski definition) is 1. The zero-order valence-corrected chi connectivity index (χ0v) is 11.0. The third-order valence-electron chi connectivity index (χ3n) is 3.05. The molecule has 1 heterocycles. The molecule has 0 bridgehead atoms. The van der Waals surface area contributed by atoms with Crippen LogP contribution in [-0.4, -0.2) is 15.6 Å². The number of anilines is 1. The van der Waals surface area contributed by atoms with Gasteiger partial charge in [-0.25, -0.2) is 9.07 Å². The predicted molar refractivity (Wildman–Crippen MR) is 77.8 cm³/mol. The number of aromatic nitrogens is 2. The molecule has 3 aromatic rings. The molecule has 1 aromatic heterocycles. The van der Waals surface area contributed by atoms with Crippen LogP contribution in [0.15, 0.2) is 60.9 Å². The minimum absolute atomic E-state index is 0.208. The summed E-state index contributed by atoms with van der Waals surface area (Å²) in [5, 5.41) is 4.15. The fourth-order valence-electron chi connectivity index (χ4n) is 2.07. The Balaban J connectivity index is 1.94. The van der Waals surface area contributed by atoms with Crippen LogP contribution in [0, 0.1) is 5.82 Å². The summed E-state index contributed by atoms with van der Waals surface area (Å²) in [5.41, 5.74) is 7.20. The van der Waals surface area contributed by atoms with E-state index in [2.05, 4.69) is 5.10 Å². The summed E-state index contributed by atoms with van der Waals surface area (Å²) in [5.74, 6) is -0.850. The van der Waals surface area contributed by atoms with Crippen molar-refractivity contribution in [1.82, 2.24) is 9.78 Å². The lowest BCUT2D eigenvalue weighted by Gasteiger charge is -2.01. The van der Waals surface area contributed by atoms with Gasteiger partial charge >= 0.3 is 0 Å². The Morgan fingerprint density at radius 3 is 2.57 bits per heavy atom. The lowest BCUT2D eigenvalue weighted by atomic mass is 10.1. The summed E-state index contributed by atoms with van der Waals surface area (Å²) in [6, 6.07) is 13.2. The highest BCUT2D eigenvalue weighted by atomic mass is 19.1. The highest BCUT2D eigenvalue weighted by Gasteiger charge is 2.13. The molecule has 0 unspecified atom stereocenters. The van der Waals surface area contributed by atoms with Crippen molar-refractivity contribution in [2.24, 2.45) is 0 Å². The number of carbonyl (C=O) groups excluding carboxylic acids is 1. The second-order valence-corrected chi connectivity index (χ2v) is 4.61. The van der Waals surface area contributed by atoms with Gasteiger partial charge in [0, 0.05) is 17.4 Å². The van der Waals surface area contributed by atoms with Gasteiger partial charge in [-0.15, -0.1) is 0 Å². The number of halogens is 1. The number of para-hydroxylation sites is 1. The van der Waals surface area contributed by atoms with Crippen LogP contribution in [-0.2, 0) is 0 Å². The zero-order chi connectivity index (χ0) is 14.8. The average molecular weight is 281 g/mol. The first-order chi connectivity index (χ1) is 10.1. The summed E-state index contributed by atoms with van der Waals surface area (Å²) in [7, 11) is 0. The number of nitrogen functional groups attached to an aromatic ring is 1. The zero-order valence-electron chi connectivity index (χ0n) is 11.0. The third kappa shape index (κ3) is 2.67. The SMILES string of the molecule is Nc1cc(F)cc(C(=O)c2cnn(-c3ccccc3)c2)c1. The van der Waals surface area contributed by atoms with E-state index >= 15 is 0 Å². The minimum Gasteiger partial charge on any atom is -0.399 e. The standard InChI is InChI=1S/C16H12FN3O/c17-13-6-11(7-14(18)8-13)16(21)12-9-19-20(10-12)15-4-2-1-3-5-15/h1-10H,18H2. The van der Waals surface area contributed by atoms with E-state index in [1.165, 1.54) is 24.4 Å². The summed E-state index contributed by atoms with van der Waals surface area (Å²) < 4.78 is 14.9. The molecule has 5 heteroatoms. The van der Waals surface area contributed by atoms with E-state index in [-0.39, 0.29) is 17.0 Å². The van der Waals surface area contributed by atoms with Crippen LogP contribution in [0.1, 0.15) is 15.9 Å². The van der Waals surface area contributed by atoms with Crippen LogP contribution < -0.4 is 5.73 Å². The number of hydrogen-bond acceptors (Lipinski definition) is 3. The number of benzene rings is 2. The second kappa shape index (κ2) is 5.20. The first-order valence-electron chi connectivity index (χ1n) is 6.34. The number of rotatable bonds is 3. The van der Waals surface area contributed by atoms with E-state index < -0.39 is 5.82 Å². The van der Waals surface area contributed by atoms with Gasteiger partial charge in [-0.2, -0.15) is 5.10 Å². The molecular formula is C16H12FN3O. The van der Waals surface area contributed by atoms with Gasteiger partial charge in [-0.3, -0.25) is 4.79 Å². The molecule has 0 amide bonds. The quantitative estimate of drug-likeness (QED) is 0.593. The first kappa shape index (κ1) is 13.1. The Labute approximate surface area is 120 Å². The van der Waals surface area contributed by atoms with E-state index in [0.29, 0.717) is 5.56 Å². The maximum Gasteiger partial charge on any atom is 0.196 e. The Morgan fingerprint density at radius 1 is 1.10 bits per heavy atom. The summed E-state index contributed by atoms with van der Waals surface area (Å²) in [4.78, 5) is 12.3. The number of nitrogens with two attached hydrogens (primary N) is 1. The summed E-state index contributed by atoms with van der Waals surface area (Å²) in [6.45, 7) is 0. The fourth-order valence-corrected chi connectivity index (χ4v) is 2.07. The molecule has 2 aromatic carbocycles. The molecule has 0 fully saturated rings. The maximum atomic E-state index is 13.3. The number of nitrogens with zero attached hydrogens (tertiary/aromatic N) is 2. The van der Waals surface area contributed by atoms with Gasteiger partial charge < -0.3 is 5.73 Å². The van der Waals surface area contributed by atoms with Crippen LogP contribution in [0.4, 0.5) is 10.1 Å². The van der Waals surface area contributed by atoms with Gasteiger partial charge in [-0.05, 0) is 30.3 Å². The highest BCUT2D eigenvalue weighted by molar-refractivity contribution is 6.09. The molecule has 2 N–H and O–H groups in total. The molecule has 104 valence electrons. The Hall–Kier alpha value is -2.95. The molecule has 3 rings (SSSR count). The van der Waals surface area contributed by atoms with Crippen molar-refractivity contribution in [3.63, 3.8) is 0 Å². The Morgan fingerprint density at radius 2 is 1.86 bits per heavy atom. The van der Waals surface area contributed by atoms with Gasteiger partial charge in [0.15, 0.2) is 5.78 Å². The smallest absolute Gasteiger partial charge is 0.196 e. The van der Waals surface area contributed by atoms with E-state index in [0.717, 1.165) is 5.69 Å². The van der Waals surface area contributed by atoms with Crippen molar-refractivity contribution in [3.05, 3.63) is 77.9 Å². The predicted octanol–water partition coefficient (Wildman–Crippen LogP) is 2.82. The topological polar surface area (TPSA) is 60.9 Å². The second-order valence-electron chi connectivity index (χ2n) is 4.61. The fraction of sp³-hybridized carbons (Fsp3) is 0. The molecule has 0 saturated carbocycles. The molecule has 0 atom stereocenters. The third-order valence-corrected chi connectivity index (χ3v) is 3.05. The van der Waals surface area contributed by atoms with Crippen molar-refractivity contribution < 1.29 is 9.18 Å². The average Bonchev–Trinajstić information content (AvgIpc) is 2.96. The molecule has 0 saturated heterocycles. The molecule has 0 radical (unpaired) electrons. The van der Waals surface area contributed by atoms with Gasteiger partial charge in [0.05, 0.1) is 17.4 Å². The molecule has 0 aliphatic rings. The number of carbonyl (C=O) groups is 1. The summed E-state index contributed by atoms with van der Waals surface area (Å²) >= 11 is 0. The monoisotopic (exact) mass is 281 g/mol. The number of ketones is 1. The first-order valence-corrected chi connectivity index (χ1v) is 6.34. The minimum atomic E-state index is -0.534. The van der Waals surface area contributed by atoms with Gasteiger partial charge in [0.1, 0.15) is 5.82 Å². The molecule has 0 aliphatic heterocycles. The van der Waals surface area contributed by atoms with Crippen molar-refractivity contribution in [2.75, 3.05) is 5.73 Å². The van der Waals surface area contributed by atoms with Crippen LogP contribution in [0.3, 0.4) is 0 Å². The molecular weight excluding hydrogens is 269 g/mol. The lowest BCUT2D eigenvalue weighted by Crippen LogP contribution is -2.02. The van der Waals surface area contributed by atoms with Crippen LogP contribution in [0.5, 0.6) is 0 Å². The molecule has 21 heavy (non-hydrogen) atoms. The van der Waals surface area contributed by atoms with E-state index in [4.69, 9.17) is 5.73 Å². The summed E-state index contributed by atoms with van der Waals surface area (Å²) in [6.07, 6.45) is 3.06. The van der Waals surface area contributed by atoms with Crippen molar-refractivity contribution in [1.29, 1.82) is 0 Å². The largest absolute Gasteiger partial charge is 0.399 e. The lowest BCUT2D eigenvalue weighted by molar-refractivity contribution is 0.103. The molecule has 4 nitrogen and oxygen atoms in total. The van der Waals surface area contributed by atoms with Crippen molar-refractivity contribution in [2.45, 2.75) is 0 Å². The van der Waals surface area contributed by atoms with E-state index in [1.807, 2.05) is 30.3 Å².